The van der Waals surface area contributed by atoms with Gasteiger partial charge in [-0.2, -0.15) is 0 Å². The number of anilines is 1. The van der Waals surface area contributed by atoms with Crippen molar-refractivity contribution in [3.8, 4) is 0 Å². The van der Waals surface area contributed by atoms with E-state index in [1.165, 1.54) is 44.3 Å². The Bertz CT molecular complexity index is 1110. The van der Waals surface area contributed by atoms with Crippen molar-refractivity contribution in [1.29, 1.82) is 0 Å². The fraction of sp³-hybridized carbons (Fsp3) is 0.462. The molecule has 2 unspecified atom stereocenters. The first-order valence-electron chi connectivity index (χ1n) is 11.9. The van der Waals surface area contributed by atoms with E-state index >= 15 is 0 Å². The van der Waals surface area contributed by atoms with Crippen LogP contribution < -0.4 is 10.2 Å². The lowest BCUT2D eigenvalue weighted by atomic mass is 9.75. The molecule has 5 rings (SSSR count). The summed E-state index contributed by atoms with van der Waals surface area (Å²) in [7, 11) is 0. The molecular weight excluding hydrogens is 420 g/mol. The normalized spacial score (nSPS) is 20.9. The third kappa shape index (κ3) is 4.23. The molecule has 1 amide bonds. The molecule has 1 aliphatic carbocycles. The Labute approximate surface area is 194 Å². The minimum absolute atomic E-state index is 0.111. The molecular formula is C26H31ClN4O. The average molecular weight is 451 g/mol. The van der Waals surface area contributed by atoms with E-state index in [2.05, 4.69) is 39.5 Å². The van der Waals surface area contributed by atoms with Crippen molar-refractivity contribution in [2.24, 2.45) is 11.8 Å². The predicted molar refractivity (Wildman–Crippen MR) is 129 cm³/mol. The van der Waals surface area contributed by atoms with E-state index in [0.717, 1.165) is 29.6 Å². The van der Waals surface area contributed by atoms with Crippen LogP contribution in [0.5, 0.6) is 0 Å². The number of aromatic nitrogens is 2. The molecule has 0 radical (unpaired) electrons. The molecule has 168 valence electrons. The summed E-state index contributed by atoms with van der Waals surface area (Å²) in [4.78, 5) is 20.1. The highest BCUT2D eigenvalue weighted by atomic mass is 35.5. The van der Waals surface area contributed by atoms with Crippen LogP contribution in [0.3, 0.4) is 0 Å². The number of imidazole rings is 1. The lowest BCUT2D eigenvalue weighted by molar-refractivity contribution is 0.0944. The van der Waals surface area contributed by atoms with E-state index < -0.39 is 0 Å². The van der Waals surface area contributed by atoms with Crippen LogP contribution in [0, 0.1) is 11.8 Å². The van der Waals surface area contributed by atoms with Gasteiger partial charge < -0.3 is 10.2 Å². The monoisotopic (exact) mass is 450 g/mol. The number of pyridine rings is 1. The Kier molecular flexibility index (Phi) is 6.09. The Balaban J connectivity index is 1.24. The van der Waals surface area contributed by atoms with Gasteiger partial charge in [-0.15, -0.1) is 0 Å². The number of hydrogen-bond acceptors (Lipinski definition) is 3. The van der Waals surface area contributed by atoms with Gasteiger partial charge in [0.15, 0.2) is 0 Å². The zero-order valence-electron chi connectivity index (χ0n) is 18.7. The van der Waals surface area contributed by atoms with Gasteiger partial charge in [-0.05, 0) is 54.9 Å². The van der Waals surface area contributed by atoms with Gasteiger partial charge in [-0.25, -0.2) is 4.98 Å². The summed E-state index contributed by atoms with van der Waals surface area (Å²) in [6.45, 7) is 4.86. The minimum Gasteiger partial charge on any atom is -0.371 e. The standard InChI is InChI=1S/C26H31ClN4O/c1-2-23-25(31-14-12-21(27)15-24(31)29-23)26(32)28-16-18-7-9-22(10-8-18)30-13-11-19-5-3-4-6-20(19)17-30/h7-10,12,14-15,19-20H,2-6,11,13,16-17H2,1H3,(H,28,32). The van der Waals surface area contributed by atoms with Crippen LogP contribution in [0.2, 0.25) is 5.02 Å². The topological polar surface area (TPSA) is 49.6 Å². The first kappa shape index (κ1) is 21.3. The summed E-state index contributed by atoms with van der Waals surface area (Å²) in [5, 5.41) is 3.69. The Morgan fingerprint density at radius 1 is 1.12 bits per heavy atom. The van der Waals surface area contributed by atoms with Gasteiger partial charge >= 0.3 is 0 Å². The lowest BCUT2D eigenvalue weighted by Crippen LogP contribution is -2.41. The number of hydrogen-bond donors (Lipinski definition) is 1. The highest BCUT2D eigenvalue weighted by Crippen LogP contribution is 2.37. The number of halogens is 1. The van der Waals surface area contributed by atoms with Crippen molar-refractivity contribution in [1.82, 2.24) is 14.7 Å². The molecule has 1 saturated heterocycles. The Morgan fingerprint density at radius 3 is 2.69 bits per heavy atom. The zero-order valence-corrected chi connectivity index (χ0v) is 19.4. The summed E-state index contributed by atoms with van der Waals surface area (Å²) >= 11 is 6.09. The molecule has 1 saturated carbocycles. The number of carbonyl (C=O) groups is 1. The molecule has 1 aliphatic heterocycles. The van der Waals surface area contributed by atoms with Gasteiger partial charge in [0.25, 0.3) is 5.91 Å². The largest absolute Gasteiger partial charge is 0.371 e. The smallest absolute Gasteiger partial charge is 0.270 e. The summed E-state index contributed by atoms with van der Waals surface area (Å²) in [6.07, 6.45) is 9.46. The zero-order chi connectivity index (χ0) is 22.1. The number of carbonyl (C=O) groups excluding carboxylic acids is 1. The van der Waals surface area contributed by atoms with Crippen LogP contribution >= 0.6 is 11.6 Å². The van der Waals surface area contributed by atoms with Gasteiger partial charge in [0.2, 0.25) is 0 Å². The second kappa shape index (κ2) is 9.14. The maximum absolute atomic E-state index is 13.0. The number of aryl methyl sites for hydroxylation is 1. The molecule has 0 bridgehead atoms. The van der Waals surface area contributed by atoms with E-state index in [1.54, 1.807) is 12.1 Å². The fourth-order valence-electron chi connectivity index (χ4n) is 5.48. The second-order valence-corrected chi connectivity index (χ2v) is 9.66. The highest BCUT2D eigenvalue weighted by molar-refractivity contribution is 6.30. The summed E-state index contributed by atoms with van der Waals surface area (Å²) in [6, 6.07) is 12.2. The maximum Gasteiger partial charge on any atom is 0.270 e. The van der Waals surface area contributed by atoms with E-state index in [0.29, 0.717) is 29.3 Å². The highest BCUT2D eigenvalue weighted by Gasteiger charge is 2.31. The van der Waals surface area contributed by atoms with Crippen LogP contribution in [0.4, 0.5) is 5.69 Å². The van der Waals surface area contributed by atoms with Crippen LogP contribution in [0.15, 0.2) is 42.6 Å². The van der Waals surface area contributed by atoms with Gasteiger partial charge in [0.1, 0.15) is 11.3 Å². The quantitative estimate of drug-likeness (QED) is 0.558. The molecule has 1 N–H and O–H groups in total. The molecule has 2 aromatic heterocycles. The second-order valence-electron chi connectivity index (χ2n) is 9.22. The van der Waals surface area contributed by atoms with Crippen molar-refractivity contribution in [2.45, 2.75) is 52.0 Å². The van der Waals surface area contributed by atoms with Crippen molar-refractivity contribution in [2.75, 3.05) is 18.0 Å². The third-order valence-electron chi connectivity index (χ3n) is 7.26. The number of nitrogens with one attached hydrogen (secondary N) is 1. The first-order chi connectivity index (χ1) is 15.6. The van der Waals surface area contributed by atoms with Crippen molar-refractivity contribution < 1.29 is 4.79 Å². The third-order valence-corrected chi connectivity index (χ3v) is 7.49. The number of fused-ring (bicyclic) bond motifs is 2. The molecule has 2 fully saturated rings. The van der Waals surface area contributed by atoms with Crippen molar-refractivity contribution in [3.05, 3.63) is 64.6 Å². The Morgan fingerprint density at radius 2 is 1.91 bits per heavy atom. The number of benzene rings is 1. The van der Waals surface area contributed by atoms with Crippen molar-refractivity contribution >= 4 is 28.8 Å². The molecule has 2 aliphatic rings. The van der Waals surface area contributed by atoms with Gasteiger partial charge in [-0.1, -0.05) is 49.9 Å². The van der Waals surface area contributed by atoms with Crippen LogP contribution in [0.25, 0.3) is 5.65 Å². The molecule has 1 aromatic carbocycles. The van der Waals surface area contributed by atoms with E-state index in [-0.39, 0.29) is 5.91 Å². The van der Waals surface area contributed by atoms with Crippen molar-refractivity contribution in [3.63, 3.8) is 0 Å². The molecule has 2 atom stereocenters. The van der Waals surface area contributed by atoms with Crippen LogP contribution in [0.1, 0.15) is 60.8 Å². The molecule has 6 heteroatoms. The molecule has 0 spiro atoms. The lowest BCUT2D eigenvalue weighted by Gasteiger charge is -2.42. The minimum atomic E-state index is -0.111. The summed E-state index contributed by atoms with van der Waals surface area (Å²) in [5.41, 5.74) is 4.48. The SMILES string of the molecule is CCc1nc2cc(Cl)ccn2c1C(=O)NCc1ccc(N2CCC3CCCCC3C2)cc1. The first-order valence-corrected chi connectivity index (χ1v) is 12.3. The number of nitrogens with zero attached hydrogens (tertiary/aromatic N) is 3. The number of rotatable bonds is 5. The summed E-state index contributed by atoms with van der Waals surface area (Å²) < 4.78 is 1.82. The van der Waals surface area contributed by atoms with E-state index in [1.807, 2.05) is 17.5 Å². The average Bonchev–Trinajstić information content (AvgIpc) is 3.20. The number of piperidine rings is 1. The van der Waals surface area contributed by atoms with Gasteiger partial charge in [-0.3, -0.25) is 9.20 Å². The molecule has 3 heterocycles. The molecule has 3 aromatic rings. The van der Waals surface area contributed by atoms with Gasteiger partial charge in [0.05, 0.1) is 5.69 Å². The molecule has 32 heavy (non-hydrogen) atoms. The fourth-order valence-corrected chi connectivity index (χ4v) is 5.64. The van der Waals surface area contributed by atoms with Crippen LogP contribution in [-0.2, 0) is 13.0 Å². The summed E-state index contributed by atoms with van der Waals surface area (Å²) in [5.74, 6) is 1.70. The van der Waals surface area contributed by atoms with E-state index in [4.69, 9.17) is 11.6 Å². The Hall–Kier alpha value is -2.53. The predicted octanol–water partition coefficient (Wildman–Crippen LogP) is 5.50. The van der Waals surface area contributed by atoms with E-state index in [9.17, 15) is 4.79 Å². The van der Waals surface area contributed by atoms with Gasteiger partial charge in [0, 0.05) is 42.6 Å². The van der Waals surface area contributed by atoms with Crippen LogP contribution in [-0.4, -0.2) is 28.4 Å². The maximum atomic E-state index is 13.0. The number of amides is 1. The molecule has 5 nitrogen and oxygen atoms in total.